The monoisotopic (exact) mass is 297 g/mol. The Bertz CT molecular complexity index is 597. The summed E-state index contributed by atoms with van der Waals surface area (Å²) in [6.45, 7) is 0. The van der Waals surface area contributed by atoms with Gasteiger partial charge in [-0.1, -0.05) is 11.6 Å². The van der Waals surface area contributed by atoms with Gasteiger partial charge < -0.3 is 14.9 Å². The molecule has 2 N–H and O–H groups in total. The molecule has 1 aromatic carbocycles. The highest BCUT2D eigenvalue weighted by molar-refractivity contribution is 7.98. The van der Waals surface area contributed by atoms with Gasteiger partial charge in [0, 0.05) is 4.90 Å². The molecule has 2 aromatic rings. The zero-order valence-corrected chi connectivity index (χ0v) is 11.8. The number of benzene rings is 1. The molecule has 19 heavy (non-hydrogen) atoms. The molecular weight excluding hydrogens is 286 g/mol. The van der Waals surface area contributed by atoms with Crippen molar-refractivity contribution in [3.05, 3.63) is 46.9 Å². The number of rotatable bonds is 4. The summed E-state index contributed by atoms with van der Waals surface area (Å²) >= 11 is 7.44. The van der Waals surface area contributed by atoms with E-state index in [9.17, 15) is 4.79 Å². The van der Waals surface area contributed by atoms with Crippen LogP contribution in [-0.2, 0) is 10.5 Å². The summed E-state index contributed by atoms with van der Waals surface area (Å²) in [4.78, 5) is 12.4. The van der Waals surface area contributed by atoms with Crippen LogP contribution in [0.1, 0.15) is 16.1 Å². The number of halogens is 1. The first kappa shape index (κ1) is 13.8. The van der Waals surface area contributed by atoms with Gasteiger partial charge in [-0.15, -0.1) is 11.8 Å². The summed E-state index contributed by atoms with van der Waals surface area (Å²) in [6.07, 6.45) is 1.47. The molecule has 0 bridgehead atoms. The van der Waals surface area contributed by atoms with E-state index in [1.807, 2.05) is 6.07 Å². The Morgan fingerprint density at radius 2 is 2.26 bits per heavy atom. The van der Waals surface area contributed by atoms with Crippen molar-refractivity contribution in [1.82, 2.24) is 0 Å². The maximum Gasteiger partial charge on any atom is 0.341 e. The van der Waals surface area contributed by atoms with Crippen molar-refractivity contribution >= 4 is 35.0 Å². The average molecular weight is 298 g/mol. The minimum absolute atomic E-state index is 0.403. The van der Waals surface area contributed by atoms with Crippen molar-refractivity contribution in [2.24, 2.45) is 0 Å². The van der Waals surface area contributed by atoms with Gasteiger partial charge in [0.15, 0.2) is 0 Å². The molecule has 0 saturated heterocycles. The maximum atomic E-state index is 11.5. The van der Waals surface area contributed by atoms with Crippen molar-refractivity contribution in [2.45, 2.75) is 10.6 Å². The van der Waals surface area contributed by atoms with Crippen LogP contribution in [0.2, 0.25) is 5.02 Å². The first-order valence-electron chi connectivity index (χ1n) is 5.44. The van der Waals surface area contributed by atoms with Crippen LogP contribution in [0, 0.1) is 0 Å². The number of hydrogen-bond donors (Lipinski definition) is 1. The lowest BCUT2D eigenvalue weighted by Gasteiger charge is -2.04. The lowest BCUT2D eigenvalue weighted by Crippen LogP contribution is -2.02. The second kappa shape index (κ2) is 6.04. The van der Waals surface area contributed by atoms with E-state index < -0.39 is 5.97 Å². The van der Waals surface area contributed by atoms with E-state index in [0.29, 0.717) is 27.8 Å². The van der Waals surface area contributed by atoms with Crippen LogP contribution >= 0.6 is 23.4 Å². The fourth-order valence-corrected chi connectivity index (χ4v) is 2.62. The molecule has 0 aliphatic carbocycles. The lowest BCUT2D eigenvalue weighted by molar-refractivity contribution is 0.0598. The summed E-state index contributed by atoms with van der Waals surface area (Å²) in [5, 5.41) is 0.512. The van der Waals surface area contributed by atoms with Gasteiger partial charge >= 0.3 is 5.97 Å². The highest BCUT2D eigenvalue weighted by Crippen LogP contribution is 2.29. The highest BCUT2D eigenvalue weighted by atomic mass is 35.5. The molecule has 0 fully saturated rings. The predicted molar refractivity (Wildman–Crippen MR) is 75.5 cm³/mol. The lowest BCUT2D eigenvalue weighted by atomic mass is 10.3. The molecular formula is C13H12ClNO3S. The summed E-state index contributed by atoms with van der Waals surface area (Å²) in [5.41, 5.74) is 6.62. The van der Waals surface area contributed by atoms with Crippen molar-refractivity contribution in [3.63, 3.8) is 0 Å². The Kier molecular flexibility index (Phi) is 4.39. The number of nitrogen functional groups attached to an aromatic ring is 1. The Morgan fingerprint density at radius 1 is 1.47 bits per heavy atom. The van der Waals surface area contributed by atoms with Crippen LogP contribution in [-0.4, -0.2) is 13.1 Å². The molecule has 4 nitrogen and oxygen atoms in total. The quantitative estimate of drug-likeness (QED) is 0.531. The average Bonchev–Trinajstić information content (AvgIpc) is 2.87. The number of furan rings is 1. The predicted octanol–water partition coefficient (Wildman–Crippen LogP) is 3.59. The van der Waals surface area contributed by atoms with Gasteiger partial charge in [-0.05, 0) is 24.3 Å². The second-order valence-corrected chi connectivity index (χ2v) is 5.18. The van der Waals surface area contributed by atoms with Crippen LogP contribution in [0.25, 0.3) is 0 Å². The van der Waals surface area contributed by atoms with E-state index in [1.54, 1.807) is 18.2 Å². The number of nitrogens with two attached hydrogens (primary N) is 1. The molecule has 100 valence electrons. The Hall–Kier alpha value is -1.59. The van der Waals surface area contributed by atoms with E-state index in [-0.39, 0.29) is 0 Å². The topological polar surface area (TPSA) is 65.5 Å². The van der Waals surface area contributed by atoms with Gasteiger partial charge in [-0.3, -0.25) is 0 Å². The summed E-state index contributed by atoms with van der Waals surface area (Å²) < 4.78 is 9.96. The van der Waals surface area contributed by atoms with Crippen LogP contribution in [0.3, 0.4) is 0 Å². The molecule has 0 saturated carbocycles. The second-order valence-electron chi connectivity index (χ2n) is 3.72. The minimum Gasteiger partial charge on any atom is -0.468 e. The number of methoxy groups -OCH3 is 1. The zero-order valence-electron chi connectivity index (χ0n) is 10.2. The van der Waals surface area contributed by atoms with E-state index in [1.165, 1.54) is 25.1 Å². The van der Waals surface area contributed by atoms with Gasteiger partial charge in [-0.25, -0.2) is 4.79 Å². The Balaban J connectivity index is 2.08. The van der Waals surface area contributed by atoms with E-state index in [2.05, 4.69) is 4.74 Å². The van der Waals surface area contributed by atoms with E-state index in [4.69, 9.17) is 21.8 Å². The fourth-order valence-electron chi connectivity index (χ4n) is 1.49. The summed E-state index contributed by atoms with van der Waals surface area (Å²) in [6, 6.07) is 6.99. The van der Waals surface area contributed by atoms with Crippen molar-refractivity contribution in [2.75, 3.05) is 12.8 Å². The number of carbonyl (C=O) groups is 1. The smallest absolute Gasteiger partial charge is 0.341 e. The molecule has 2 rings (SSSR count). The first-order chi connectivity index (χ1) is 9.11. The number of hydrogen-bond acceptors (Lipinski definition) is 5. The van der Waals surface area contributed by atoms with Crippen LogP contribution < -0.4 is 5.73 Å². The number of thioether (sulfide) groups is 1. The van der Waals surface area contributed by atoms with E-state index in [0.717, 1.165) is 4.90 Å². The van der Waals surface area contributed by atoms with Crippen molar-refractivity contribution in [1.29, 1.82) is 0 Å². The third-order valence-corrected chi connectivity index (χ3v) is 3.81. The van der Waals surface area contributed by atoms with Gasteiger partial charge in [0.1, 0.15) is 11.3 Å². The van der Waals surface area contributed by atoms with Crippen LogP contribution in [0.15, 0.2) is 39.8 Å². The SMILES string of the molecule is COC(=O)c1ccoc1CSc1ccc(N)c(Cl)c1. The van der Waals surface area contributed by atoms with Crippen molar-refractivity contribution < 1.29 is 13.9 Å². The molecule has 0 spiro atoms. The molecule has 0 atom stereocenters. The first-order valence-corrected chi connectivity index (χ1v) is 6.80. The molecule has 0 radical (unpaired) electrons. The fraction of sp³-hybridized carbons (Fsp3) is 0.154. The molecule has 6 heteroatoms. The normalized spacial score (nSPS) is 10.4. The third-order valence-electron chi connectivity index (χ3n) is 2.49. The zero-order chi connectivity index (χ0) is 13.8. The van der Waals surface area contributed by atoms with Gasteiger partial charge in [0.25, 0.3) is 0 Å². The van der Waals surface area contributed by atoms with Gasteiger partial charge in [0.05, 0.1) is 29.8 Å². The molecule has 0 unspecified atom stereocenters. The van der Waals surface area contributed by atoms with Gasteiger partial charge in [-0.2, -0.15) is 0 Å². The van der Waals surface area contributed by atoms with Gasteiger partial charge in [0.2, 0.25) is 0 Å². The minimum atomic E-state index is -0.403. The number of carbonyl (C=O) groups excluding carboxylic acids is 1. The Morgan fingerprint density at radius 3 is 2.95 bits per heavy atom. The summed E-state index contributed by atoms with van der Waals surface area (Å²) in [7, 11) is 1.34. The summed E-state index contributed by atoms with van der Waals surface area (Å²) in [5.74, 6) is 0.682. The largest absolute Gasteiger partial charge is 0.468 e. The maximum absolute atomic E-state index is 11.5. The third kappa shape index (κ3) is 3.24. The number of ether oxygens (including phenoxy) is 1. The number of anilines is 1. The van der Waals surface area contributed by atoms with E-state index >= 15 is 0 Å². The van der Waals surface area contributed by atoms with Crippen LogP contribution in [0.5, 0.6) is 0 Å². The molecule has 0 amide bonds. The highest BCUT2D eigenvalue weighted by Gasteiger charge is 2.15. The molecule has 1 heterocycles. The number of esters is 1. The van der Waals surface area contributed by atoms with Crippen molar-refractivity contribution in [3.8, 4) is 0 Å². The molecule has 0 aliphatic rings. The molecule has 0 aliphatic heterocycles. The molecule has 1 aromatic heterocycles. The van der Waals surface area contributed by atoms with Crippen LogP contribution in [0.4, 0.5) is 5.69 Å². The Labute approximate surface area is 119 Å². The standard InChI is InChI=1S/C13H12ClNO3S/c1-17-13(16)9-4-5-18-12(9)7-19-8-2-3-11(15)10(14)6-8/h2-6H,7,15H2,1H3.